The predicted octanol–water partition coefficient (Wildman–Crippen LogP) is 1.99. The van der Waals surface area contributed by atoms with Gasteiger partial charge in [-0.05, 0) is 12.1 Å². The lowest BCUT2D eigenvalue weighted by atomic mass is 10.2. The van der Waals surface area contributed by atoms with Gasteiger partial charge >= 0.3 is 0 Å². The Morgan fingerprint density at radius 2 is 2.62 bits per heavy atom. The Morgan fingerprint density at radius 3 is 3.38 bits per heavy atom. The molecule has 1 heterocycles. The highest BCUT2D eigenvalue weighted by atomic mass is 16.5. The maximum absolute atomic E-state index is 10.9. The summed E-state index contributed by atoms with van der Waals surface area (Å²) in [7, 11) is -2.81. The van der Waals surface area contributed by atoms with Crippen molar-refractivity contribution >= 4 is 17.2 Å². The molecule has 0 aliphatic carbocycles. The molecule has 0 saturated heterocycles. The number of aromatic amines is 1. The van der Waals surface area contributed by atoms with Crippen molar-refractivity contribution in [3.8, 4) is 5.75 Å². The van der Waals surface area contributed by atoms with Crippen LogP contribution in [0, 0.1) is 0 Å². The second-order valence-electron chi connectivity index (χ2n) is 2.42. The summed E-state index contributed by atoms with van der Waals surface area (Å²) < 4.78 is 48.9. The third-order valence-corrected chi connectivity index (χ3v) is 1.73. The van der Waals surface area contributed by atoms with Crippen LogP contribution in [0.1, 0.15) is 18.6 Å². The molecule has 0 unspecified atom stereocenters. The van der Waals surface area contributed by atoms with Gasteiger partial charge in [0.1, 0.15) is 5.75 Å². The molecule has 0 bridgehead atoms. The number of hydrogen-bond donors (Lipinski definition) is 1. The molecule has 0 fully saturated rings. The Kier molecular flexibility index (Phi) is 0.799. The summed E-state index contributed by atoms with van der Waals surface area (Å²) in [5.74, 6) is -0.389. The van der Waals surface area contributed by atoms with E-state index >= 15 is 0 Å². The second-order valence-corrected chi connectivity index (χ2v) is 2.42. The summed E-state index contributed by atoms with van der Waals surface area (Å²) in [5, 5.41) is 0.0390. The summed E-state index contributed by atoms with van der Waals surface area (Å²) in [6.07, 6.45) is 1.74. The third kappa shape index (κ3) is 1.09. The molecule has 66 valence electrons. The molecule has 1 N–H and O–H groups in total. The number of H-pyrrole nitrogens is 1. The van der Waals surface area contributed by atoms with Gasteiger partial charge in [-0.2, -0.15) is 0 Å². The minimum absolute atomic E-state index is 0.0390. The fourth-order valence-electron chi connectivity index (χ4n) is 1.16. The van der Waals surface area contributed by atoms with Crippen LogP contribution >= 0.6 is 0 Å². The van der Waals surface area contributed by atoms with Gasteiger partial charge in [0.15, 0.2) is 6.29 Å². The van der Waals surface area contributed by atoms with Crippen molar-refractivity contribution < 1.29 is 17.8 Å². The number of rotatable bonds is 2. The van der Waals surface area contributed by atoms with Crippen LogP contribution in [0.5, 0.6) is 5.75 Å². The van der Waals surface area contributed by atoms with Crippen LogP contribution in [-0.4, -0.2) is 18.3 Å². The highest BCUT2D eigenvalue weighted by Crippen LogP contribution is 2.27. The van der Waals surface area contributed by atoms with Crippen LogP contribution in [0.4, 0.5) is 0 Å². The molecule has 1 aromatic heterocycles. The van der Waals surface area contributed by atoms with Gasteiger partial charge in [0.05, 0.1) is 20.6 Å². The van der Waals surface area contributed by atoms with Crippen molar-refractivity contribution in [1.29, 1.82) is 0 Å². The van der Waals surface area contributed by atoms with E-state index in [0.29, 0.717) is 6.29 Å². The van der Waals surface area contributed by atoms with E-state index < -0.39 is 19.1 Å². The number of fused-ring (bicyclic) bond motifs is 1. The zero-order chi connectivity index (χ0) is 14.4. The first-order chi connectivity index (χ1) is 8.76. The van der Waals surface area contributed by atoms with Crippen LogP contribution < -0.4 is 4.74 Å². The van der Waals surface area contributed by atoms with E-state index in [1.54, 1.807) is 0 Å². The van der Waals surface area contributed by atoms with Crippen molar-refractivity contribution in [2.45, 2.75) is 0 Å². The Morgan fingerprint density at radius 1 is 1.69 bits per heavy atom. The SMILES string of the molecule is [2H]c1c([2H])c(OC([2H])([2H])[2H])c2c(C=O)c[nH]c2c1[2H]. The molecule has 13 heavy (non-hydrogen) atoms. The van der Waals surface area contributed by atoms with Gasteiger partial charge in [-0.25, -0.2) is 0 Å². The quantitative estimate of drug-likeness (QED) is 0.720. The normalized spacial score (nSPS) is 17.8. The average Bonchev–Trinajstić information content (AvgIpc) is 2.74. The van der Waals surface area contributed by atoms with Gasteiger partial charge in [0, 0.05) is 17.3 Å². The number of carbonyl (C=O) groups is 1. The van der Waals surface area contributed by atoms with Crippen LogP contribution in [0.2, 0.25) is 0 Å². The zero-order valence-electron chi connectivity index (χ0n) is 12.5. The fraction of sp³-hybridized carbons (Fsp3) is 0.100. The molecule has 0 aliphatic rings. The lowest BCUT2D eigenvalue weighted by Crippen LogP contribution is -1.84. The standard InChI is InChI=1S/C10H9NO2/c1-13-9-4-2-3-8-10(9)7(6-12)5-11-8/h2-6,11H,1H3/i1D3,2D,3D,4D. The van der Waals surface area contributed by atoms with E-state index in [1.165, 1.54) is 6.20 Å². The van der Waals surface area contributed by atoms with Crippen molar-refractivity contribution in [3.05, 3.63) is 29.9 Å². The maximum Gasteiger partial charge on any atom is 0.152 e. The summed E-state index contributed by atoms with van der Waals surface area (Å²) in [6.45, 7) is 0. The molecule has 0 saturated carbocycles. The van der Waals surface area contributed by atoms with Crippen LogP contribution in [0.25, 0.3) is 10.9 Å². The molecule has 0 amide bonds. The third-order valence-electron chi connectivity index (χ3n) is 1.73. The van der Waals surface area contributed by atoms with Gasteiger partial charge in [-0.1, -0.05) is 6.04 Å². The molecule has 0 spiro atoms. The topological polar surface area (TPSA) is 42.1 Å². The number of aromatic nitrogens is 1. The molecule has 2 aromatic rings. The molecule has 2 rings (SSSR count). The second kappa shape index (κ2) is 2.94. The highest BCUT2D eigenvalue weighted by Gasteiger charge is 2.06. The first kappa shape index (κ1) is 3.54. The summed E-state index contributed by atoms with van der Waals surface area (Å²) >= 11 is 0. The Bertz CT molecular complexity index is 660. The Labute approximate surface area is 83.8 Å². The maximum atomic E-state index is 10.9. The van der Waals surface area contributed by atoms with Gasteiger partial charge in [-0.3, -0.25) is 4.79 Å². The van der Waals surface area contributed by atoms with Gasteiger partial charge in [0.2, 0.25) is 0 Å². The van der Waals surface area contributed by atoms with E-state index in [0.717, 1.165) is 0 Å². The molecule has 0 atom stereocenters. The Balaban J connectivity index is 2.86. The van der Waals surface area contributed by atoms with Crippen LogP contribution in [0.15, 0.2) is 24.3 Å². The van der Waals surface area contributed by atoms with E-state index in [2.05, 4.69) is 4.98 Å². The van der Waals surface area contributed by atoms with E-state index in [9.17, 15) is 4.79 Å². The largest absolute Gasteiger partial charge is 0.496 e. The smallest absolute Gasteiger partial charge is 0.152 e. The summed E-state index contributed by atoms with van der Waals surface area (Å²) in [4.78, 5) is 13.5. The fourth-order valence-corrected chi connectivity index (χ4v) is 1.16. The highest BCUT2D eigenvalue weighted by molar-refractivity contribution is 6.00. The molecule has 0 radical (unpaired) electrons. The summed E-state index contributed by atoms with van der Waals surface area (Å²) in [6, 6.07) is -1.28. The molecular formula is C10H9NO2. The number of methoxy groups -OCH3 is 1. The number of benzene rings is 1. The number of hydrogen-bond acceptors (Lipinski definition) is 2. The van der Waals surface area contributed by atoms with Crippen molar-refractivity contribution in [2.24, 2.45) is 0 Å². The van der Waals surface area contributed by atoms with E-state index in [-0.39, 0.29) is 28.3 Å². The number of ether oxygens (including phenoxy) is 1. The van der Waals surface area contributed by atoms with Crippen molar-refractivity contribution in [1.82, 2.24) is 4.98 Å². The molecule has 3 nitrogen and oxygen atoms in total. The number of carbonyl (C=O) groups excluding carboxylic acids is 1. The predicted molar refractivity (Wildman–Crippen MR) is 50.2 cm³/mol. The minimum Gasteiger partial charge on any atom is -0.496 e. The van der Waals surface area contributed by atoms with E-state index in [4.69, 9.17) is 13.0 Å². The van der Waals surface area contributed by atoms with Gasteiger partial charge in [0.25, 0.3) is 0 Å². The molecular weight excluding hydrogens is 166 g/mol. The number of nitrogens with one attached hydrogen (secondary N) is 1. The molecule has 1 aromatic carbocycles. The minimum atomic E-state index is -2.81. The lowest BCUT2D eigenvalue weighted by Gasteiger charge is -2.00. The molecule has 0 aliphatic heterocycles. The monoisotopic (exact) mass is 181 g/mol. The van der Waals surface area contributed by atoms with Crippen molar-refractivity contribution in [3.63, 3.8) is 0 Å². The van der Waals surface area contributed by atoms with Gasteiger partial charge < -0.3 is 9.72 Å². The Hall–Kier alpha value is -1.77. The zero-order valence-corrected chi connectivity index (χ0v) is 6.47. The van der Waals surface area contributed by atoms with Crippen molar-refractivity contribution in [2.75, 3.05) is 7.04 Å². The van der Waals surface area contributed by atoms with E-state index in [1.807, 2.05) is 0 Å². The molecule has 3 heteroatoms. The van der Waals surface area contributed by atoms with Gasteiger partial charge in [-0.15, -0.1) is 0 Å². The van der Waals surface area contributed by atoms with Crippen LogP contribution in [-0.2, 0) is 0 Å². The lowest BCUT2D eigenvalue weighted by molar-refractivity contribution is 0.112. The average molecular weight is 181 g/mol. The first-order valence-electron chi connectivity index (χ1n) is 6.51. The van der Waals surface area contributed by atoms with Crippen LogP contribution in [0.3, 0.4) is 0 Å². The number of aldehydes is 1. The first-order valence-corrected chi connectivity index (χ1v) is 3.51. The summed E-state index contributed by atoms with van der Waals surface area (Å²) in [5.41, 5.74) is 0.179.